The van der Waals surface area contributed by atoms with Crippen molar-refractivity contribution in [2.24, 2.45) is 5.73 Å². The number of imidazole rings is 1. The van der Waals surface area contributed by atoms with Crippen LogP contribution in [-0.2, 0) is 6.54 Å². The zero-order valence-electron chi connectivity index (χ0n) is 11.1. The largest absolute Gasteiger partial charge is 0.328 e. The Kier molecular flexibility index (Phi) is 3.12. The molecule has 0 fully saturated rings. The highest BCUT2D eigenvalue weighted by Crippen LogP contribution is 2.27. The van der Waals surface area contributed by atoms with Crippen LogP contribution >= 0.6 is 0 Å². The van der Waals surface area contributed by atoms with E-state index in [4.69, 9.17) is 5.73 Å². The third kappa shape index (κ3) is 2.02. The van der Waals surface area contributed by atoms with Crippen LogP contribution in [0.5, 0.6) is 0 Å². The van der Waals surface area contributed by atoms with Crippen LogP contribution in [0.1, 0.15) is 5.69 Å². The Bertz CT molecular complexity index is 733. The first-order valence-electron chi connectivity index (χ1n) is 6.36. The van der Waals surface area contributed by atoms with Gasteiger partial charge in [-0.1, -0.05) is 6.07 Å². The van der Waals surface area contributed by atoms with Crippen molar-refractivity contribution in [2.45, 2.75) is 6.54 Å². The average Bonchev–Trinajstić information content (AvgIpc) is 2.85. The summed E-state index contributed by atoms with van der Waals surface area (Å²) in [6.45, 7) is 0.381. The number of nitrogens with two attached hydrogens (primary N) is 1. The zero-order valence-corrected chi connectivity index (χ0v) is 11.1. The molecule has 0 atom stereocenters. The van der Waals surface area contributed by atoms with Crippen LogP contribution in [0.4, 0.5) is 15.9 Å². The van der Waals surface area contributed by atoms with E-state index in [2.05, 4.69) is 4.98 Å². The van der Waals surface area contributed by atoms with Gasteiger partial charge in [0.15, 0.2) is 5.82 Å². The first-order valence-corrected chi connectivity index (χ1v) is 6.36. The Hall–Kier alpha value is -2.40. The fourth-order valence-corrected chi connectivity index (χ4v) is 2.28. The molecule has 2 aromatic heterocycles. The lowest BCUT2D eigenvalue weighted by Crippen LogP contribution is -2.14. The molecule has 3 rings (SSSR count). The van der Waals surface area contributed by atoms with Crippen LogP contribution in [0.3, 0.4) is 0 Å². The van der Waals surface area contributed by atoms with E-state index in [0.29, 0.717) is 6.54 Å². The van der Waals surface area contributed by atoms with Gasteiger partial charge in [0.25, 0.3) is 0 Å². The molecule has 5 heteroatoms. The van der Waals surface area contributed by atoms with E-state index >= 15 is 0 Å². The smallest absolute Gasteiger partial charge is 0.156 e. The number of anilines is 2. The predicted octanol–water partition coefficient (Wildman–Crippen LogP) is 2.70. The van der Waals surface area contributed by atoms with Crippen molar-refractivity contribution in [1.82, 2.24) is 9.38 Å². The second kappa shape index (κ2) is 4.94. The van der Waals surface area contributed by atoms with E-state index in [9.17, 15) is 4.39 Å². The standard InChI is InChI=1S/C15H15FN4/c1-19(12-7-5-11(16)6-8-12)15-13(10-17)20-9-3-2-4-14(20)18-15/h2-9H,10,17H2,1H3. The number of hydrogen-bond acceptors (Lipinski definition) is 3. The monoisotopic (exact) mass is 270 g/mol. The summed E-state index contributed by atoms with van der Waals surface area (Å²) in [5.41, 5.74) is 8.49. The van der Waals surface area contributed by atoms with Crippen LogP contribution in [0, 0.1) is 5.82 Å². The lowest BCUT2D eigenvalue weighted by Gasteiger charge is -2.18. The lowest BCUT2D eigenvalue weighted by molar-refractivity contribution is 0.628. The summed E-state index contributed by atoms with van der Waals surface area (Å²) < 4.78 is 15.0. The third-order valence-electron chi connectivity index (χ3n) is 3.33. The van der Waals surface area contributed by atoms with E-state index in [1.54, 1.807) is 12.1 Å². The Morgan fingerprint density at radius 1 is 1.20 bits per heavy atom. The minimum atomic E-state index is -0.254. The van der Waals surface area contributed by atoms with Crippen molar-refractivity contribution in [3.05, 3.63) is 60.2 Å². The highest BCUT2D eigenvalue weighted by molar-refractivity contribution is 5.65. The number of rotatable bonds is 3. The summed E-state index contributed by atoms with van der Waals surface area (Å²) in [7, 11) is 1.90. The normalized spacial score (nSPS) is 10.9. The van der Waals surface area contributed by atoms with E-state index < -0.39 is 0 Å². The molecule has 20 heavy (non-hydrogen) atoms. The number of pyridine rings is 1. The number of fused-ring (bicyclic) bond motifs is 1. The van der Waals surface area contributed by atoms with Gasteiger partial charge in [-0.3, -0.25) is 0 Å². The molecule has 0 amide bonds. The molecule has 0 spiro atoms. The van der Waals surface area contributed by atoms with E-state index in [1.165, 1.54) is 12.1 Å². The van der Waals surface area contributed by atoms with Gasteiger partial charge in [0.05, 0.1) is 5.69 Å². The molecule has 2 N–H and O–H groups in total. The van der Waals surface area contributed by atoms with E-state index in [0.717, 1.165) is 22.8 Å². The molecule has 0 bridgehead atoms. The molecule has 0 aliphatic carbocycles. The zero-order chi connectivity index (χ0) is 14.1. The molecule has 0 saturated heterocycles. The van der Waals surface area contributed by atoms with Gasteiger partial charge in [0, 0.05) is 25.5 Å². The highest BCUT2D eigenvalue weighted by Gasteiger charge is 2.15. The van der Waals surface area contributed by atoms with Gasteiger partial charge in [-0.05, 0) is 36.4 Å². The van der Waals surface area contributed by atoms with Crippen molar-refractivity contribution < 1.29 is 4.39 Å². The minimum absolute atomic E-state index is 0.254. The number of hydrogen-bond donors (Lipinski definition) is 1. The predicted molar refractivity (Wildman–Crippen MR) is 77.5 cm³/mol. The van der Waals surface area contributed by atoms with Gasteiger partial charge < -0.3 is 15.0 Å². The van der Waals surface area contributed by atoms with Crippen LogP contribution < -0.4 is 10.6 Å². The van der Waals surface area contributed by atoms with Crippen LogP contribution in [0.25, 0.3) is 5.65 Å². The molecule has 0 saturated carbocycles. The number of halogens is 1. The Morgan fingerprint density at radius 2 is 1.95 bits per heavy atom. The summed E-state index contributed by atoms with van der Waals surface area (Å²) in [4.78, 5) is 6.51. The van der Waals surface area contributed by atoms with Crippen LogP contribution in [0.2, 0.25) is 0 Å². The molecule has 0 aliphatic rings. The first-order chi connectivity index (χ1) is 9.70. The minimum Gasteiger partial charge on any atom is -0.328 e. The van der Waals surface area contributed by atoms with Crippen molar-refractivity contribution in [1.29, 1.82) is 0 Å². The van der Waals surface area contributed by atoms with Crippen LogP contribution in [0.15, 0.2) is 48.7 Å². The van der Waals surface area contributed by atoms with Gasteiger partial charge in [-0.25, -0.2) is 9.37 Å². The molecule has 0 unspecified atom stereocenters. The maximum atomic E-state index is 13.0. The number of nitrogens with zero attached hydrogens (tertiary/aromatic N) is 3. The molecule has 4 nitrogen and oxygen atoms in total. The van der Waals surface area contributed by atoms with Crippen LogP contribution in [-0.4, -0.2) is 16.4 Å². The van der Waals surface area contributed by atoms with Crippen molar-refractivity contribution in [3.8, 4) is 0 Å². The Balaban J connectivity index is 2.11. The molecule has 3 aromatic rings. The van der Waals surface area contributed by atoms with Gasteiger partial charge >= 0.3 is 0 Å². The Morgan fingerprint density at radius 3 is 2.65 bits per heavy atom. The summed E-state index contributed by atoms with van der Waals surface area (Å²) in [6, 6.07) is 12.1. The second-order valence-electron chi connectivity index (χ2n) is 4.55. The van der Waals surface area contributed by atoms with Gasteiger partial charge in [0.2, 0.25) is 0 Å². The topological polar surface area (TPSA) is 46.6 Å². The van der Waals surface area contributed by atoms with E-state index in [1.807, 2.05) is 40.7 Å². The van der Waals surface area contributed by atoms with E-state index in [-0.39, 0.29) is 5.82 Å². The van der Waals surface area contributed by atoms with Crippen molar-refractivity contribution in [2.75, 3.05) is 11.9 Å². The highest BCUT2D eigenvalue weighted by atomic mass is 19.1. The Labute approximate surface area is 116 Å². The summed E-state index contributed by atoms with van der Waals surface area (Å²) in [5, 5.41) is 0. The molecule has 0 radical (unpaired) electrons. The molecule has 102 valence electrons. The van der Waals surface area contributed by atoms with Gasteiger partial charge in [-0.2, -0.15) is 0 Å². The average molecular weight is 270 g/mol. The summed E-state index contributed by atoms with van der Waals surface area (Å²) in [5.74, 6) is 0.529. The molecular formula is C15H15FN4. The maximum absolute atomic E-state index is 13.0. The number of aromatic nitrogens is 2. The number of benzene rings is 1. The summed E-state index contributed by atoms with van der Waals surface area (Å²) in [6.07, 6.45) is 1.94. The molecule has 0 aliphatic heterocycles. The quantitative estimate of drug-likeness (QED) is 0.796. The maximum Gasteiger partial charge on any atom is 0.156 e. The second-order valence-corrected chi connectivity index (χ2v) is 4.55. The van der Waals surface area contributed by atoms with Crippen molar-refractivity contribution >= 4 is 17.2 Å². The SMILES string of the molecule is CN(c1ccc(F)cc1)c1nc2ccccn2c1CN. The van der Waals surface area contributed by atoms with Gasteiger partial charge in [-0.15, -0.1) is 0 Å². The third-order valence-corrected chi connectivity index (χ3v) is 3.33. The lowest BCUT2D eigenvalue weighted by atomic mass is 10.3. The fourth-order valence-electron chi connectivity index (χ4n) is 2.28. The molecular weight excluding hydrogens is 255 g/mol. The van der Waals surface area contributed by atoms with Gasteiger partial charge in [0.1, 0.15) is 11.5 Å². The summed E-state index contributed by atoms with van der Waals surface area (Å²) >= 11 is 0. The van der Waals surface area contributed by atoms with Crippen molar-refractivity contribution in [3.63, 3.8) is 0 Å². The molecule has 1 aromatic carbocycles. The fraction of sp³-hybridized carbons (Fsp3) is 0.133. The first kappa shape index (κ1) is 12.6. The molecule has 2 heterocycles.